The molecule has 8 heteroatoms. The molecule has 2 aromatic carbocycles. The van der Waals surface area contributed by atoms with Crippen LogP contribution in [0.3, 0.4) is 0 Å². The van der Waals surface area contributed by atoms with E-state index in [9.17, 15) is 13.2 Å². The van der Waals surface area contributed by atoms with Gasteiger partial charge in [0.05, 0.1) is 16.5 Å². The number of rotatable bonds is 5. The summed E-state index contributed by atoms with van der Waals surface area (Å²) >= 11 is 0. The minimum absolute atomic E-state index is 0.246. The minimum atomic E-state index is -3.25. The Labute approximate surface area is 151 Å². The Morgan fingerprint density at radius 3 is 2.42 bits per heavy atom. The first-order valence-electron chi connectivity index (χ1n) is 7.92. The predicted molar refractivity (Wildman–Crippen MR) is 97.3 cm³/mol. The van der Waals surface area contributed by atoms with Crippen LogP contribution in [0.15, 0.2) is 59.8 Å². The van der Waals surface area contributed by atoms with Crippen LogP contribution in [0.5, 0.6) is 0 Å². The molecular formula is C18H18N4O3S. The highest BCUT2D eigenvalue weighted by atomic mass is 32.2. The molecule has 134 valence electrons. The Bertz CT molecular complexity index is 1010. The molecule has 3 rings (SSSR count). The molecule has 1 heterocycles. The van der Waals surface area contributed by atoms with Gasteiger partial charge >= 0.3 is 0 Å². The Morgan fingerprint density at radius 2 is 1.81 bits per heavy atom. The summed E-state index contributed by atoms with van der Waals surface area (Å²) in [5, 5.41) is 9.50. The van der Waals surface area contributed by atoms with E-state index < -0.39 is 9.84 Å². The SMILES string of the molecule is C[C@@H](NC(=O)c1ccccc1-c1ncn[nH]1)c1ccc(S(C)(=O)=O)cc1. The first-order chi connectivity index (χ1) is 12.4. The van der Waals surface area contributed by atoms with Gasteiger partial charge in [-0.15, -0.1) is 0 Å². The zero-order valence-electron chi connectivity index (χ0n) is 14.3. The number of hydrogen-bond acceptors (Lipinski definition) is 5. The molecule has 3 aromatic rings. The van der Waals surface area contributed by atoms with Crippen molar-refractivity contribution in [1.82, 2.24) is 20.5 Å². The average Bonchev–Trinajstić information content (AvgIpc) is 3.15. The minimum Gasteiger partial charge on any atom is -0.345 e. The number of amides is 1. The lowest BCUT2D eigenvalue weighted by Crippen LogP contribution is -2.27. The van der Waals surface area contributed by atoms with Crippen LogP contribution >= 0.6 is 0 Å². The second kappa shape index (κ2) is 7.09. The fourth-order valence-corrected chi connectivity index (χ4v) is 3.21. The van der Waals surface area contributed by atoms with Crippen LogP contribution in [0, 0.1) is 0 Å². The van der Waals surface area contributed by atoms with Crippen LogP contribution in [0.4, 0.5) is 0 Å². The quantitative estimate of drug-likeness (QED) is 0.717. The maximum absolute atomic E-state index is 12.7. The number of carbonyl (C=O) groups excluding carboxylic acids is 1. The first kappa shape index (κ1) is 17.8. The normalized spacial score (nSPS) is 12.5. The standard InChI is InChI=1S/C18H18N4O3S/c1-12(13-7-9-14(10-8-13)26(2,24)25)21-18(23)16-6-4-3-5-15(16)17-19-11-20-22-17/h3-12H,1-2H3,(H,21,23)(H,19,20,22)/t12-/m1/s1. The van der Waals surface area contributed by atoms with E-state index in [1.807, 2.05) is 13.0 Å². The Morgan fingerprint density at radius 1 is 1.12 bits per heavy atom. The van der Waals surface area contributed by atoms with Gasteiger partial charge in [0.1, 0.15) is 6.33 Å². The average molecular weight is 370 g/mol. The Balaban J connectivity index is 1.80. The molecule has 0 aliphatic heterocycles. The van der Waals surface area contributed by atoms with E-state index in [0.29, 0.717) is 17.0 Å². The van der Waals surface area contributed by atoms with Gasteiger partial charge in [-0.2, -0.15) is 5.10 Å². The lowest BCUT2D eigenvalue weighted by Gasteiger charge is -2.16. The molecule has 7 nitrogen and oxygen atoms in total. The van der Waals surface area contributed by atoms with Crippen LogP contribution in [0.2, 0.25) is 0 Å². The van der Waals surface area contributed by atoms with Gasteiger partial charge in [0.15, 0.2) is 15.7 Å². The van der Waals surface area contributed by atoms with Crippen molar-refractivity contribution in [2.24, 2.45) is 0 Å². The number of H-pyrrole nitrogens is 1. The summed E-state index contributed by atoms with van der Waals surface area (Å²) in [6.45, 7) is 1.84. The lowest BCUT2D eigenvalue weighted by atomic mass is 10.0. The molecule has 0 unspecified atom stereocenters. The zero-order chi connectivity index (χ0) is 18.7. The third kappa shape index (κ3) is 3.80. The van der Waals surface area contributed by atoms with Crippen molar-refractivity contribution in [3.8, 4) is 11.4 Å². The van der Waals surface area contributed by atoms with Gasteiger partial charge in [0.2, 0.25) is 0 Å². The lowest BCUT2D eigenvalue weighted by molar-refractivity contribution is 0.0940. The summed E-state index contributed by atoms with van der Waals surface area (Å²) in [5.41, 5.74) is 1.94. The Hall–Kier alpha value is -3.00. The van der Waals surface area contributed by atoms with Crippen LogP contribution in [0.1, 0.15) is 28.9 Å². The van der Waals surface area contributed by atoms with Crippen LogP contribution < -0.4 is 5.32 Å². The molecule has 0 aliphatic rings. The molecule has 0 aliphatic carbocycles. The highest BCUT2D eigenvalue weighted by Crippen LogP contribution is 2.21. The number of sulfone groups is 1. The fraction of sp³-hybridized carbons (Fsp3) is 0.167. The van der Waals surface area contributed by atoms with Crippen LogP contribution in [0.25, 0.3) is 11.4 Å². The molecule has 1 amide bonds. The summed E-state index contributed by atoms with van der Waals surface area (Å²) in [4.78, 5) is 17.0. The molecule has 0 fully saturated rings. The van der Waals surface area contributed by atoms with E-state index in [2.05, 4.69) is 20.5 Å². The van der Waals surface area contributed by atoms with E-state index in [0.717, 1.165) is 11.8 Å². The van der Waals surface area contributed by atoms with Crippen molar-refractivity contribution in [2.45, 2.75) is 17.9 Å². The summed E-state index contributed by atoms with van der Waals surface area (Å²) in [7, 11) is -3.25. The van der Waals surface area contributed by atoms with Crippen molar-refractivity contribution in [3.05, 3.63) is 66.0 Å². The summed E-state index contributed by atoms with van der Waals surface area (Å²) in [6, 6.07) is 13.3. The molecule has 2 N–H and O–H groups in total. The summed E-state index contributed by atoms with van der Waals surface area (Å²) in [5.74, 6) is 0.262. The topological polar surface area (TPSA) is 105 Å². The van der Waals surface area contributed by atoms with Crippen molar-refractivity contribution in [1.29, 1.82) is 0 Å². The van der Waals surface area contributed by atoms with E-state index in [-0.39, 0.29) is 16.8 Å². The molecule has 0 saturated heterocycles. The smallest absolute Gasteiger partial charge is 0.252 e. The Kier molecular flexibility index (Phi) is 4.85. The molecule has 0 spiro atoms. The summed E-state index contributed by atoms with van der Waals surface area (Å²) < 4.78 is 23.1. The number of aromatic nitrogens is 3. The van der Waals surface area contributed by atoms with Gasteiger partial charge in [-0.25, -0.2) is 13.4 Å². The highest BCUT2D eigenvalue weighted by Gasteiger charge is 2.17. The number of benzene rings is 2. The molecule has 26 heavy (non-hydrogen) atoms. The van der Waals surface area contributed by atoms with Gasteiger partial charge in [0.25, 0.3) is 5.91 Å². The van der Waals surface area contributed by atoms with E-state index in [1.54, 1.807) is 30.3 Å². The molecule has 0 radical (unpaired) electrons. The highest BCUT2D eigenvalue weighted by molar-refractivity contribution is 7.90. The molecule has 0 bridgehead atoms. The van der Waals surface area contributed by atoms with Gasteiger partial charge < -0.3 is 5.32 Å². The number of carbonyl (C=O) groups is 1. The van der Waals surface area contributed by atoms with Gasteiger partial charge in [0, 0.05) is 11.8 Å². The third-order valence-corrected chi connectivity index (χ3v) is 5.13. The first-order valence-corrected chi connectivity index (χ1v) is 9.81. The van der Waals surface area contributed by atoms with Gasteiger partial charge in [-0.1, -0.05) is 30.3 Å². The van der Waals surface area contributed by atoms with E-state index in [1.165, 1.54) is 18.5 Å². The van der Waals surface area contributed by atoms with Crippen molar-refractivity contribution in [3.63, 3.8) is 0 Å². The van der Waals surface area contributed by atoms with E-state index in [4.69, 9.17) is 0 Å². The number of nitrogens with zero attached hydrogens (tertiary/aromatic N) is 2. The van der Waals surface area contributed by atoms with Crippen LogP contribution in [-0.4, -0.2) is 35.8 Å². The third-order valence-electron chi connectivity index (χ3n) is 4.00. The molecule has 1 aromatic heterocycles. The second-order valence-electron chi connectivity index (χ2n) is 5.92. The monoisotopic (exact) mass is 370 g/mol. The maximum Gasteiger partial charge on any atom is 0.252 e. The second-order valence-corrected chi connectivity index (χ2v) is 7.93. The number of aromatic amines is 1. The molecule has 1 atom stereocenters. The van der Waals surface area contributed by atoms with Crippen molar-refractivity contribution in [2.75, 3.05) is 6.26 Å². The van der Waals surface area contributed by atoms with Crippen molar-refractivity contribution >= 4 is 15.7 Å². The van der Waals surface area contributed by atoms with E-state index >= 15 is 0 Å². The number of nitrogens with one attached hydrogen (secondary N) is 2. The fourth-order valence-electron chi connectivity index (χ4n) is 2.58. The largest absolute Gasteiger partial charge is 0.345 e. The predicted octanol–water partition coefficient (Wildman–Crippen LogP) is 2.37. The maximum atomic E-state index is 12.7. The van der Waals surface area contributed by atoms with Gasteiger partial charge in [-0.05, 0) is 30.7 Å². The molecular weight excluding hydrogens is 352 g/mol. The zero-order valence-corrected chi connectivity index (χ0v) is 15.1. The summed E-state index contributed by atoms with van der Waals surface area (Å²) in [6.07, 6.45) is 2.55. The van der Waals surface area contributed by atoms with Crippen LogP contribution in [-0.2, 0) is 9.84 Å². The van der Waals surface area contributed by atoms with Crippen molar-refractivity contribution < 1.29 is 13.2 Å². The molecule has 0 saturated carbocycles. The number of hydrogen-bond donors (Lipinski definition) is 2. The van der Waals surface area contributed by atoms with Gasteiger partial charge in [-0.3, -0.25) is 9.89 Å².